The van der Waals surface area contributed by atoms with E-state index in [2.05, 4.69) is 85.8 Å². The molecule has 0 amide bonds. The summed E-state index contributed by atoms with van der Waals surface area (Å²) in [5.74, 6) is 0. The minimum absolute atomic E-state index is 0.00435. The van der Waals surface area contributed by atoms with Crippen molar-refractivity contribution in [1.82, 2.24) is 0 Å². The average Bonchev–Trinajstić information content (AvgIpc) is 3.22. The van der Waals surface area contributed by atoms with E-state index in [1.807, 2.05) is 23.9 Å². The van der Waals surface area contributed by atoms with Gasteiger partial charge in [-0.25, -0.2) is 0 Å². The summed E-state index contributed by atoms with van der Waals surface area (Å²) >= 11 is 1.83. The lowest BCUT2D eigenvalue weighted by Crippen LogP contribution is -2.46. The number of ether oxygens (including phenoxy) is 3. The van der Waals surface area contributed by atoms with Crippen LogP contribution in [0, 0.1) is 0 Å². The molecule has 2 aliphatic rings. The fraction of sp³-hybridized carbons (Fsp3) is 0.310. The zero-order valence-electron chi connectivity index (χ0n) is 18.9. The molecule has 0 N–H and O–H groups in total. The van der Waals surface area contributed by atoms with E-state index in [1.165, 1.54) is 26.5 Å². The van der Waals surface area contributed by atoms with Crippen LogP contribution in [0.5, 0.6) is 0 Å². The highest BCUT2D eigenvalue weighted by molar-refractivity contribution is 8.03. The molecule has 2 bridgehead atoms. The van der Waals surface area contributed by atoms with Crippen LogP contribution >= 0.6 is 11.8 Å². The van der Waals surface area contributed by atoms with Gasteiger partial charge < -0.3 is 14.2 Å². The van der Waals surface area contributed by atoms with Crippen LogP contribution < -0.4 is 0 Å². The molecule has 170 valence electrons. The molecule has 33 heavy (non-hydrogen) atoms. The first-order chi connectivity index (χ1) is 16.3. The molecule has 3 nitrogen and oxygen atoms in total. The monoisotopic (exact) mass is 458 g/mol. The van der Waals surface area contributed by atoms with Crippen molar-refractivity contribution in [3.8, 4) is 0 Å². The number of hydrogen-bond donors (Lipinski definition) is 0. The molecule has 2 heterocycles. The predicted molar refractivity (Wildman–Crippen MR) is 133 cm³/mol. The van der Waals surface area contributed by atoms with E-state index >= 15 is 0 Å². The van der Waals surface area contributed by atoms with Crippen LogP contribution in [0.4, 0.5) is 0 Å². The van der Waals surface area contributed by atoms with E-state index in [0.29, 0.717) is 13.2 Å². The molecule has 5 rings (SSSR count). The van der Waals surface area contributed by atoms with Crippen molar-refractivity contribution in [1.29, 1.82) is 0 Å². The van der Waals surface area contributed by atoms with E-state index in [1.54, 1.807) is 0 Å². The van der Waals surface area contributed by atoms with Gasteiger partial charge in [0.25, 0.3) is 0 Å². The Morgan fingerprint density at radius 1 is 0.818 bits per heavy atom. The zero-order valence-corrected chi connectivity index (χ0v) is 19.7. The average molecular weight is 459 g/mol. The van der Waals surface area contributed by atoms with Crippen molar-refractivity contribution in [2.24, 2.45) is 0 Å². The summed E-state index contributed by atoms with van der Waals surface area (Å²) in [5, 5.41) is 0. The van der Waals surface area contributed by atoms with E-state index in [4.69, 9.17) is 14.2 Å². The normalized spacial score (nSPS) is 25.7. The topological polar surface area (TPSA) is 27.7 Å². The number of benzene rings is 3. The fourth-order valence-corrected chi connectivity index (χ4v) is 5.68. The van der Waals surface area contributed by atoms with Gasteiger partial charge in [-0.15, -0.1) is 0 Å². The first kappa shape index (κ1) is 22.4. The van der Waals surface area contributed by atoms with Gasteiger partial charge in [0.05, 0.1) is 31.5 Å². The van der Waals surface area contributed by atoms with E-state index in [9.17, 15) is 0 Å². The van der Waals surface area contributed by atoms with Crippen LogP contribution in [0.25, 0.3) is 0 Å². The third-order valence-electron chi connectivity index (χ3n) is 6.39. The molecule has 3 aromatic carbocycles. The standard InChI is InChI=1S/C29H30O3S/c1-21(33-24-15-9-4-10-16-24)25-17-28-29(31-20-23-13-7-3-8-14-23)27(18-26(25)32-28)30-19-22-11-5-2-6-12-22/h2-16,26-29H,17-20H2,1H3/b25-21+/t26-,27-,28-,29+/m1/s1. The lowest BCUT2D eigenvalue weighted by Gasteiger charge is -2.36. The quantitative estimate of drug-likeness (QED) is 0.348. The molecule has 0 aromatic heterocycles. The van der Waals surface area contributed by atoms with Crippen LogP contribution in [0.3, 0.4) is 0 Å². The third-order valence-corrected chi connectivity index (χ3v) is 7.46. The van der Waals surface area contributed by atoms with Gasteiger partial charge in [-0.2, -0.15) is 0 Å². The Morgan fingerprint density at radius 2 is 1.39 bits per heavy atom. The van der Waals surface area contributed by atoms with Crippen molar-refractivity contribution in [2.75, 3.05) is 0 Å². The summed E-state index contributed by atoms with van der Waals surface area (Å²) in [5.41, 5.74) is 3.75. The van der Waals surface area contributed by atoms with Gasteiger partial charge in [0.15, 0.2) is 0 Å². The molecule has 2 saturated heterocycles. The molecule has 0 spiro atoms. The lowest BCUT2D eigenvalue weighted by atomic mass is 10.0. The summed E-state index contributed by atoms with van der Waals surface area (Å²) in [4.78, 5) is 2.59. The number of rotatable bonds is 8. The molecule has 2 fully saturated rings. The Balaban J connectivity index is 1.33. The highest BCUT2D eigenvalue weighted by Gasteiger charge is 2.47. The zero-order chi connectivity index (χ0) is 22.5. The number of allylic oxidation sites excluding steroid dienone is 1. The molecular formula is C29H30O3S. The second-order valence-corrected chi connectivity index (χ2v) is 9.98. The Bertz CT molecular complexity index is 1050. The first-order valence-electron chi connectivity index (χ1n) is 11.7. The molecule has 4 heteroatoms. The molecule has 4 atom stereocenters. The van der Waals surface area contributed by atoms with E-state index in [0.717, 1.165) is 12.8 Å². The van der Waals surface area contributed by atoms with Gasteiger partial charge in [0.1, 0.15) is 6.10 Å². The van der Waals surface area contributed by atoms with Crippen molar-refractivity contribution in [3.05, 3.63) is 113 Å². The van der Waals surface area contributed by atoms with Gasteiger partial charge in [0, 0.05) is 17.7 Å². The maximum Gasteiger partial charge on any atom is 0.111 e. The highest BCUT2D eigenvalue weighted by Crippen LogP contribution is 2.44. The maximum atomic E-state index is 6.48. The van der Waals surface area contributed by atoms with Gasteiger partial charge in [-0.3, -0.25) is 0 Å². The largest absolute Gasteiger partial charge is 0.371 e. The number of hydrogen-bond acceptors (Lipinski definition) is 4. The van der Waals surface area contributed by atoms with Crippen molar-refractivity contribution in [3.63, 3.8) is 0 Å². The molecule has 0 radical (unpaired) electrons. The minimum Gasteiger partial charge on any atom is -0.371 e. The molecule has 0 saturated carbocycles. The molecule has 0 unspecified atom stereocenters. The Kier molecular flexibility index (Phi) is 7.27. The van der Waals surface area contributed by atoms with Crippen LogP contribution in [0.1, 0.15) is 30.9 Å². The van der Waals surface area contributed by atoms with Crippen LogP contribution in [-0.2, 0) is 27.4 Å². The summed E-state index contributed by atoms with van der Waals surface area (Å²) in [6.07, 6.45) is 1.77. The van der Waals surface area contributed by atoms with Gasteiger partial charge in [0.2, 0.25) is 0 Å². The summed E-state index contributed by atoms with van der Waals surface area (Å²) in [7, 11) is 0. The van der Waals surface area contributed by atoms with Gasteiger partial charge in [-0.05, 0) is 40.7 Å². The second-order valence-electron chi connectivity index (χ2n) is 8.70. The lowest BCUT2D eigenvalue weighted by molar-refractivity contribution is -0.182. The fourth-order valence-electron chi connectivity index (χ4n) is 4.69. The van der Waals surface area contributed by atoms with E-state index < -0.39 is 0 Å². The molecule has 0 aliphatic carbocycles. The van der Waals surface area contributed by atoms with Crippen molar-refractivity contribution < 1.29 is 14.2 Å². The van der Waals surface area contributed by atoms with E-state index in [-0.39, 0.29) is 24.4 Å². The Labute approximate surface area is 200 Å². The van der Waals surface area contributed by atoms with Crippen LogP contribution in [-0.4, -0.2) is 24.4 Å². The smallest absolute Gasteiger partial charge is 0.111 e. The third kappa shape index (κ3) is 5.59. The van der Waals surface area contributed by atoms with Gasteiger partial charge in [-0.1, -0.05) is 90.6 Å². The Hall–Kier alpha value is -2.37. The van der Waals surface area contributed by atoms with Crippen molar-refractivity contribution >= 4 is 11.8 Å². The first-order valence-corrected chi connectivity index (χ1v) is 12.5. The van der Waals surface area contributed by atoms with Crippen LogP contribution in [0.2, 0.25) is 0 Å². The minimum atomic E-state index is -0.0859. The number of fused-ring (bicyclic) bond motifs is 2. The summed E-state index contributed by atoms with van der Waals surface area (Å²) in [6, 6.07) is 31.3. The second kappa shape index (κ2) is 10.7. The molecular weight excluding hydrogens is 428 g/mol. The summed E-state index contributed by atoms with van der Waals surface area (Å²) < 4.78 is 19.4. The molecule has 2 aliphatic heterocycles. The van der Waals surface area contributed by atoms with Crippen LogP contribution in [0.15, 0.2) is 106 Å². The molecule has 3 aromatic rings. The SMILES string of the molecule is C/C(Sc1ccccc1)=C1/C[C@H]2O[C@@H]1C[C@@H](OCc1ccccc1)[C@@H]2OCc1ccccc1. The van der Waals surface area contributed by atoms with Gasteiger partial charge >= 0.3 is 0 Å². The maximum absolute atomic E-state index is 6.48. The predicted octanol–water partition coefficient (Wildman–Crippen LogP) is 6.78. The summed E-state index contributed by atoms with van der Waals surface area (Å²) in [6.45, 7) is 3.38. The number of thioether (sulfide) groups is 1. The van der Waals surface area contributed by atoms with Crippen molar-refractivity contribution in [2.45, 2.75) is 62.3 Å². The Morgan fingerprint density at radius 3 is 2.03 bits per heavy atom. The highest BCUT2D eigenvalue weighted by atomic mass is 32.2.